The topological polar surface area (TPSA) is 148 Å². The Hall–Kier alpha value is -0.770. The summed E-state index contributed by atoms with van der Waals surface area (Å²) in [7, 11) is 0. The van der Waals surface area contributed by atoms with Crippen molar-refractivity contribution in [2.24, 2.45) is 0 Å². The molecule has 1 rings (SSSR count). The molecular formula is C8H14O8. The zero-order valence-corrected chi connectivity index (χ0v) is 8.17. The second kappa shape index (κ2) is 5.04. The normalized spacial score (nSPS) is 41.7. The van der Waals surface area contributed by atoms with Gasteiger partial charge in [0.25, 0.3) is 0 Å². The summed E-state index contributed by atoms with van der Waals surface area (Å²) in [5, 5.41) is 54.7. The Morgan fingerprint density at radius 3 is 2.19 bits per heavy atom. The fourth-order valence-electron chi connectivity index (χ4n) is 1.50. The van der Waals surface area contributed by atoms with E-state index in [4.69, 9.17) is 15.3 Å². The third-order valence-corrected chi connectivity index (χ3v) is 2.39. The molecule has 8 nitrogen and oxygen atoms in total. The molecule has 0 aromatic rings. The van der Waals surface area contributed by atoms with E-state index in [0.717, 1.165) is 0 Å². The molecule has 1 saturated heterocycles. The van der Waals surface area contributed by atoms with Crippen molar-refractivity contribution in [3.05, 3.63) is 0 Å². The summed E-state index contributed by atoms with van der Waals surface area (Å²) in [5.41, 5.74) is 0. The molecular weight excluding hydrogens is 224 g/mol. The van der Waals surface area contributed by atoms with Crippen LogP contribution in [0.4, 0.5) is 0 Å². The highest BCUT2D eigenvalue weighted by Crippen LogP contribution is 2.23. The van der Waals surface area contributed by atoms with Gasteiger partial charge in [0, 0.05) is 0 Å². The summed E-state index contributed by atoms with van der Waals surface area (Å²) in [6.45, 7) is 0. The van der Waals surface area contributed by atoms with Crippen LogP contribution in [-0.2, 0) is 9.53 Å². The standard InChI is InChI=1S/C8H14O8/c9-2(1-3(10)11)7-5(13)4(12)6(14)8(15)16-7/h2,4-9,12-15H,1H2,(H,10,11)/t2?,4-,5-,6-,7+,8-/m0/s1. The van der Waals surface area contributed by atoms with Gasteiger partial charge in [-0.3, -0.25) is 4.79 Å². The van der Waals surface area contributed by atoms with Gasteiger partial charge in [0.05, 0.1) is 12.5 Å². The second-order valence-electron chi connectivity index (χ2n) is 3.63. The van der Waals surface area contributed by atoms with E-state index in [2.05, 4.69) is 4.74 Å². The fourth-order valence-corrected chi connectivity index (χ4v) is 1.50. The first-order valence-corrected chi connectivity index (χ1v) is 4.62. The molecule has 0 aliphatic carbocycles. The Labute approximate surface area is 90.3 Å². The van der Waals surface area contributed by atoms with Gasteiger partial charge in [-0.1, -0.05) is 0 Å². The van der Waals surface area contributed by atoms with E-state index in [9.17, 15) is 20.1 Å². The van der Waals surface area contributed by atoms with E-state index in [1.807, 2.05) is 0 Å². The summed E-state index contributed by atoms with van der Waals surface area (Å²) in [6, 6.07) is 0. The zero-order chi connectivity index (χ0) is 12.5. The average Bonchev–Trinajstić information content (AvgIpc) is 2.19. The van der Waals surface area contributed by atoms with Crippen LogP contribution < -0.4 is 0 Å². The monoisotopic (exact) mass is 238 g/mol. The first kappa shape index (κ1) is 13.3. The minimum atomic E-state index is -1.79. The van der Waals surface area contributed by atoms with Crippen LogP contribution in [-0.4, -0.2) is 73.4 Å². The van der Waals surface area contributed by atoms with Crippen LogP contribution >= 0.6 is 0 Å². The molecule has 8 heteroatoms. The molecule has 94 valence electrons. The lowest BCUT2D eigenvalue weighted by molar-refractivity contribution is -0.296. The van der Waals surface area contributed by atoms with Crippen LogP contribution in [0.15, 0.2) is 0 Å². The number of aliphatic hydroxyl groups excluding tert-OH is 5. The third-order valence-electron chi connectivity index (χ3n) is 2.39. The van der Waals surface area contributed by atoms with E-state index in [1.54, 1.807) is 0 Å². The third kappa shape index (κ3) is 2.67. The van der Waals surface area contributed by atoms with Crippen molar-refractivity contribution in [2.75, 3.05) is 0 Å². The van der Waals surface area contributed by atoms with Gasteiger partial charge in [-0.25, -0.2) is 0 Å². The molecule has 1 heterocycles. The van der Waals surface area contributed by atoms with Crippen molar-refractivity contribution in [1.82, 2.24) is 0 Å². The Bertz CT molecular complexity index is 256. The van der Waals surface area contributed by atoms with Gasteiger partial charge < -0.3 is 35.4 Å². The molecule has 0 radical (unpaired) electrons. The van der Waals surface area contributed by atoms with Crippen molar-refractivity contribution in [3.8, 4) is 0 Å². The van der Waals surface area contributed by atoms with Gasteiger partial charge in [-0.2, -0.15) is 0 Å². The molecule has 0 amide bonds. The summed E-state index contributed by atoms with van der Waals surface area (Å²) in [4.78, 5) is 10.3. The summed E-state index contributed by atoms with van der Waals surface area (Å²) in [6.07, 6.45) is -10.6. The lowest BCUT2D eigenvalue weighted by Gasteiger charge is -2.39. The molecule has 6 atom stereocenters. The summed E-state index contributed by atoms with van der Waals surface area (Å²) < 4.78 is 4.63. The lowest BCUT2D eigenvalue weighted by atomic mass is 9.94. The van der Waals surface area contributed by atoms with Gasteiger partial charge in [-0.15, -0.1) is 0 Å². The van der Waals surface area contributed by atoms with E-state index in [1.165, 1.54) is 0 Å². The molecule has 0 aromatic carbocycles. The molecule has 0 spiro atoms. The average molecular weight is 238 g/mol. The fraction of sp³-hybridized carbons (Fsp3) is 0.875. The number of aliphatic hydroxyl groups is 5. The highest BCUT2D eigenvalue weighted by atomic mass is 16.6. The van der Waals surface area contributed by atoms with E-state index in [-0.39, 0.29) is 0 Å². The SMILES string of the molecule is O=C(O)CC(O)[C@H]1O[C@H](O)[C@@H](O)[C@@H](O)[C@@H]1O. The van der Waals surface area contributed by atoms with Crippen LogP contribution in [0.3, 0.4) is 0 Å². The Morgan fingerprint density at radius 1 is 1.12 bits per heavy atom. The molecule has 6 N–H and O–H groups in total. The maximum atomic E-state index is 10.3. The van der Waals surface area contributed by atoms with Crippen LogP contribution in [0.2, 0.25) is 0 Å². The number of hydrogen-bond donors (Lipinski definition) is 6. The molecule has 1 unspecified atom stereocenters. The number of carbonyl (C=O) groups is 1. The largest absolute Gasteiger partial charge is 0.481 e. The molecule has 1 aliphatic heterocycles. The quantitative estimate of drug-likeness (QED) is 0.298. The van der Waals surface area contributed by atoms with Gasteiger partial charge in [-0.05, 0) is 0 Å². The molecule has 16 heavy (non-hydrogen) atoms. The van der Waals surface area contributed by atoms with E-state index >= 15 is 0 Å². The predicted molar refractivity (Wildman–Crippen MR) is 47.2 cm³/mol. The maximum absolute atomic E-state index is 10.3. The number of ether oxygens (including phenoxy) is 1. The van der Waals surface area contributed by atoms with Gasteiger partial charge in [0.15, 0.2) is 6.29 Å². The van der Waals surface area contributed by atoms with Crippen LogP contribution in [0.25, 0.3) is 0 Å². The zero-order valence-electron chi connectivity index (χ0n) is 8.17. The first-order chi connectivity index (χ1) is 7.34. The number of hydrogen-bond acceptors (Lipinski definition) is 7. The molecule has 0 aromatic heterocycles. The maximum Gasteiger partial charge on any atom is 0.306 e. The van der Waals surface area contributed by atoms with Gasteiger partial charge in [0.2, 0.25) is 0 Å². The predicted octanol–water partition coefficient (Wildman–Crippen LogP) is -3.38. The second-order valence-corrected chi connectivity index (χ2v) is 3.63. The van der Waals surface area contributed by atoms with Crippen LogP contribution in [0.5, 0.6) is 0 Å². The molecule has 0 saturated carbocycles. The smallest absolute Gasteiger partial charge is 0.306 e. The van der Waals surface area contributed by atoms with Crippen molar-refractivity contribution < 1.29 is 40.2 Å². The van der Waals surface area contributed by atoms with E-state index < -0.39 is 49.2 Å². The molecule has 0 bridgehead atoms. The van der Waals surface area contributed by atoms with Crippen molar-refractivity contribution in [1.29, 1.82) is 0 Å². The summed E-state index contributed by atoms with van der Waals surface area (Å²) >= 11 is 0. The highest BCUT2D eigenvalue weighted by molar-refractivity contribution is 5.67. The van der Waals surface area contributed by atoms with Crippen molar-refractivity contribution in [3.63, 3.8) is 0 Å². The molecule has 1 aliphatic rings. The number of aliphatic carboxylic acids is 1. The Kier molecular flexibility index (Phi) is 4.19. The Balaban J connectivity index is 2.69. The lowest BCUT2D eigenvalue weighted by Crippen LogP contribution is -2.60. The van der Waals surface area contributed by atoms with Crippen molar-refractivity contribution >= 4 is 5.97 Å². The van der Waals surface area contributed by atoms with Crippen LogP contribution in [0, 0.1) is 0 Å². The van der Waals surface area contributed by atoms with Gasteiger partial charge >= 0.3 is 5.97 Å². The number of carboxylic acid groups (broad SMARTS) is 1. The molecule has 1 fully saturated rings. The number of rotatable bonds is 3. The van der Waals surface area contributed by atoms with Crippen molar-refractivity contribution in [2.45, 2.75) is 43.2 Å². The van der Waals surface area contributed by atoms with Crippen LogP contribution in [0.1, 0.15) is 6.42 Å². The minimum Gasteiger partial charge on any atom is -0.481 e. The van der Waals surface area contributed by atoms with Gasteiger partial charge in [0.1, 0.15) is 24.4 Å². The minimum absolute atomic E-state index is 0.711. The van der Waals surface area contributed by atoms with E-state index in [0.29, 0.717) is 0 Å². The Morgan fingerprint density at radius 2 is 1.69 bits per heavy atom. The first-order valence-electron chi connectivity index (χ1n) is 4.62. The highest BCUT2D eigenvalue weighted by Gasteiger charge is 2.46. The summed E-state index contributed by atoms with van der Waals surface area (Å²) in [5.74, 6) is -1.32. The number of carboxylic acids is 1.